The minimum Gasteiger partial charge on any atom is -0.330 e. The van der Waals surface area contributed by atoms with Gasteiger partial charge in [0.25, 0.3) is 5.69 Å². The fourth-order valence-electron chi connectivity index (χ4n) is 2.11. The number of carbonyl (C=O) groups excluding carboxylic acids is 1. The van der Waals surface area contributed by atoms with Crippen LogP contribution in [0.4, 0.5) is 15.8 Å². The number of amides is 1. The van der Waals surface area contributed by atoms with E-state index in [0.29, 0.717) is 12.5 Å². The zero-order valence-electron chi connectivity index (χ0n) is 12.1. The molecule has 1 aromatic rings. The van der Waals surface area contributed by atoms with Crippen molar-refractivity contribution in [3.05, 3.63) is 34.1 Å². The van der Waals surface area contributed by atoms with Gasteiger partial charge in [0.1, 0.15) is 0 Å². The Morgan fingerprint density at radius 2 is 2.14 bits per heavy atom. The molecule has 1 unspecified atom stereocenters. The van der Waals surface area contributed by atoms with Gasteiger partial charge in [0, 0.05) is 12.5 Å². The molecule has 0 aromatic heterocycles. The number of nitrogens with two attached hydrogens (primary N) is 1. The number of halogens is 1. The van der Waals surface area contributed by atoms with Gasteiger partial charge < -0.3 is 11.1 Å². The number of hydrogen-bond acceptors (Lipinski definition) is 4. The highest BCUT2D eigenvalue weighted by atomic mass is 19.1. The minimum atomic E-state index is -0.828. The number of nitro groups is 1. The van der Waals surface area contributed by atoms with E-state index in [1.54, 1.807) is 0 Å². The number of carbonyl (C=O) groups is 1. The van der Waals surface area contributed by atoms with Crippen LogP contribution in [0.15, 0.2) is 18.2 Å². The molecule has 0 aliphatic carbocycles. The van der Waals surface area contributed by atoms with Crippen LogP contribution in [-0.2, 0) is 4.79 Å². The molecule has 0 aliphatic rings. The molecule has 0 aliphatic heterocycles. The van der Waals surface area contributed by atoms with Crippen molar-refractivity contribution in [2.45, 2.75) is 26.7 Å². The molecule has 1 amide bonds. The van der Waals surface area contributed by atoms with Crippen LogP contribution in [0.3, 0.4) is 0 Å². The average molecular weight is 297 g/mol. The largest absolute Gasteiger partial charge is 0.330 e. The van der Waals surface area contributed by atoms with E-state index in [4.69, 9.17) is 5.73 Å². The van der Waals surface area contributed by atoms with Gasteiger partial charge in [-0.25, -0.2) is 4.39 Å². The fourth-order valence-corrected chi connectivity index (χ4v) is 2.11. The third-order valence-corrected chi connectivity index (χ3v) is 3.05. The van der Waals surface area contributed by atoms with Gasteiger partial charge in [0.05, 0.1) is 16.7 Å². The number of nitrogens with one attached hydrogen (secondary N) is 1. The third-order valence-electron chi connectivity index (χ3n) is 3.05. The standard InChI is InChI=1S/C14H20FN3O3/c1-9(2)5-10(8-16)6-14(19)17-13-4-3-11(18(20)21)7-12(13)15/h3-4,7,9-10H,5-6,8,16H2,1-2H3,(H,17,19). The Morgan fingerprint density at radius 3 is 2.62 bits per heavy atom. The Kier molecular flexibility index (Phi) is 6.23. The molecule has 7 heteroatoms. The Morgan fingerprint density at radius 1 is 1.48 bits per heavy atom. The summed E-state index contributed by atoms with van der Waals surface area (Å²) in [6.07, 6.45) is 1.01. The molecular formula is C14H20FN3O3. The topological polar surface area (TPSA) is 98.3 Å². The molecule has 0 saturated carbocycles. The summed E-state index contributed by atoms with van der Waals surface area (Å²) in [4.78, 5) is 21.7. The van der Waals surface area contributed by atoms with E-state index in [1.807, 2.05) is 13.8 Å². The lowest BCUT2D eigenvalue weighted by Gasteiger charge is -2.16. The summed E-state index contributed by atoms with van der Waals surface area (Å²) in [6, 6.07) is 3.11. The van der Waals surface area contributed by atoms with Crippen molar-refractivity contribution in [3.63, 3.8) is 0 Å². The maximum atomic E-state index is 13.7. The van der Waals surface area contributed by atoms with Crippen molar-refractivity contribution in [2.24, 2.45) is 17.6 Å². The molecule has 6 nitrogen and oxygen atoms in total. The Labute approximate surface area is 122 Å². The highest BCUT2D eigenvalue weighted by Crippen LogP contribution is 2.21. The molecule has 0 fully saturated rings. The van der Waals surface area contributed by atoms with Crippen LogP contribution >= 0.6 is 0 Å². The van der Waals surface area contributed by atoms with Crippen molar-refractivity contribution in [1.82, 2.24) is 0 Å². The van der Waals surface area contributed by atoms with Gasteiger partial charge in [0.15, 0.2) is 5.82 Å². The molecule has 0 spiro atoms. The van der Waals surface area contributed by atoms with Crippen molar-refractivity contribution in [2.75, 3.05) is 11.9 Å². The smallest absolute Gasteiger partial charge is 0.272 e. The van der Waals surface area contributed by atoms with Gasteiger partial charge in [-0.15, -0.1) is 0 Å². The van der Waals surface area contributed by atoms with Gasteiger partial charge in [-0.2, -0.15) is 0 Å². The second-order valence-corrected chi connectivity index (χ2v) is 5.40. The molecule has 0 radical (unpaired) electrons. The van der Waals surface area contributed by atoms with Crippen molar-refractivity contribution >= 4 is 17.3 Å². The van der Waals surface area contributed by atoms with Crippen LogP contribution in [0.25, 0.3) is 0 Å². The summed E-state index contributed by atoms with van der Waals surface area (Å²) in [6.45, 7) is 4.46. The second-order valence-electron chi connectivity index (χ2n) is 5.40. The molecular weight excluding hydrogens is 277 g/mol. The van der Waals surface area contributed by atoms with Crippen molar-refractivity contribution in [1.29, 1.82) is 0 Å². The van der Waals surface area contributed by atoms with Crippen LogP contribution in [0.2, 0.25) is 0 Å². The summed E-state index contributed by atoms with van der Waals surface area (Å²) < 4.78 is 13.7. The average Bonchev–Trinajstić information content (AvgIpc) is 2.39. The van der Waals surface area contributed by atoms with Gasteiger partial charge in [0.2, 0.25) is 5.91 Å². The van der Waals surface area contributed by atoms with E-state index in [2.05, 4.69) is 5.32 Å². The van der Waals surface area contributed by atoms with E-state index in [-0.39, 0.29) is 29.6 Å². The summed E-state index contributed by atoms with van der Waals surface area (Å²) in [5.41, 5.74) is 5.20. The van der Waals surface area contributed by atoms with Crippen LogP contribution in [0, 0.1) is 27.8 Å². The van der Waals surface area contributed by atoms with E-state index < -0.39 is 10.7 Å². The van der Waals surface area contributed by atoms with Gasteiger partial charge in [-0.3, -0.25) is 14.9 Å². The number of anilines is 1. The first-order valence-electron chi connectivity index (χ1n) is 6.77. The Balaban J connectivity index is 2.68. The zero-order chi connectivity index (χ0) is 16.0. The van der Waals surface area contributed by atoms with Crippen LogP contribution < -0.4 is 11.1 Å². The predicted octanol–water partition coefficient (Wildman–Crippen LogP) is 2.68. The molecule has 1 atom stereocenters. The lowest BCUT2D eigenvalue weighted by Crippen LogP contribution is -2.23. The van der Waals surface area contributed by atoms with Gasteiger partial charge in [-0.1, -0.05) is 13.8 Å². The summed E-state index contributed by atoms with van der Waals surface area (Å²) >= 11 is 0. The number of nitro benzene ring substituents is 1. The van der Waals surface area contributed by atoms with E-state index in [9.17, 15) is 19.3 Å². The van der Waals surface area contributed by atoms with E-state index in [0.717, 1.165) is 18.6 Å². The number of hydrogen-bond donors (Lipinski definition) is 2. The van der Waals surface area contributed by atoms with Crippen molar-refractivity contribution < 1.29 is 14.1 Å². The summed E-state index contributed by atoms with van der Waals surface area (Å²) in [7, 11) is 0. The maximum absolute atomic E-state index is 13.7. The number of non-ortho nitro benzene ring substituents is 1. The third kappa shape index (κ3) is 5.47. The summed E-state index contributed by atoms with van der Waals surface area (Å²) in [5.74, 6) is -0.724. The fraction of sp³-hybridized carbons (Fsp3) is 0.500. The first kappa shape index (κ1) is 17.0. The Hall–Kier alpha value is -2.02. The molecule has 0 heterocycles. The van der Waals surface area contributed by atoms with E-state index >= 15 is 0 Å². The van der Waals surface area contributed by atoms with E-state index in [1.165, 1.54) is 6.07 Å². The lowest BCUT2D eigenvalue weighted by atomic mass is 9.94. The molecule has 1 aromatic carbocycles. The normalized spacial score (nSPS) is 12.2. The van der Waals surface area contributed by atoms with Gasteiger partial charge in [-0.05, 0) is 30.9 Å². The lowest BCUT2D eigenvalue weighted by molar-refractivity contribution is -0.385. The first-order valence-corrected chi connectivity index (χ1v) is 6.77. The number of benzene rings is 1. The van der Waals surface area contributed by atoms with Crippen LogP contribution in [-0.4, -0.2) is 17.4 Å². The monoisotopic (exact) mass is 297 g/mol. The van der Waals surface area contributed by atoms with Crippen molar-refractivity contribution in [3.8, 4) is 0 Å². The number of rotatable bonds is 7. The van der Waals surface area contributed by atoms with Gasteiger partial charge >= 0.3 is 0 Å². The second kappa shape index (κ2) is 7.68. The highest BCUT2D eigenvalue weighted by Gasteiger charge is 2.16. The highest BCUT2D eigenvalue weighted by molar-refractivity contribution is 5.91. The maximum Gasteiger partial charge on any atom is 0.272 e. The summed E-state index contributed by atoms with van der Waals surface area (Å²) in [5, 5.41) is 12.9. The molecule has 0 saturated heterocycles. The van der Waals surface area contributed by atoms with Crippen LogP contribution in [0.5, 0.6) is 0 Å². The first-order chi connectivity index (χ1) is 9.83. The molecule has 0 bridgehead atoms. The SMILES string of the molecule is CC(C)CC(CN)CC(=O)Nc1ccc([N+](=O)[O-])cc1F. The predicted molar refractivity (Wildman–Crippen MR) is 78.3 cm³/mol. The zero-order valence-corrected chi connectivity index (χ0v) is 12.1. The molecule has 116 valence electrons. The molecule has 3 N–H and O–H groups in total. The number of nitrogens with zero attached hydrogens (tertiary/aromatic N) is 1. The molecule has 21 heavy (non-hydrogen) atoms. The Bertz CT molecular complexity index is 520. The quantitative estimate of drug-likeness (QED) is 0.597. The minimum absolute atomic E-state index is 0.0334. The molecule has 1 rings (SSSR count). The van der Waals surface area contributed by atoms with Crippen LogP contribution in [0.1, 0.15) is 26.7 Å².